The molecule has 3 nitrogen and oxygen atoms in total. The predicted molar refractivity (Wildman–Crippen MR) is 25.7 cm³/mol. The van der Waals surface area contributed by atoms with Crippen LogP contribution < -0.4 is 5.43 Å². The Morgan fingerprint density at radius 1 is 2.00 bits per heavy atom. The van der Waals surface area contributed by atoms with Crippen LogP contribution in [-0.2, 0) is 4.79 Å². The standard InChI is InChI=1S/C4H4N2O/c7-3-4-1-5-6-2-4/h1,6H,2H2. The van der Waals surface area contributed by atoms with Gasteiger partial charge in [0.25, 0.3) is 0 Å². The SMILES string of the molecule is O=C=C1C=NNC1. The fourth-order valence-corrected chi connectivity index (χ4v) is 0.362. The molecule has 36 valence electrons. The van der Waals surface area contributed by atoms with Crippen molar-refractivity contribution in [1.82, 2.24) is 5.43 Å². The summed E-state index contributed by atoms with van der Waals surface area (Å²) in [4.78, 5) is 9.71. The molecule has 1 N–H and O–H groups in total. The molecule has 0 bridgehead atoms. The van der Waals surface area contributed by atoms with Gasteiger partial charge in [-0.15, -0.1) is 0 Å². The van der Waals surface area contributed by atoms with Crippen molar-refractivity contribution >= 4 is 12.2 Å². The Labute approximate surface area is 40.7 Å². The van der Waals surface area contributed by atoms with Gasteiger partial charge >= 0.3 is 0 Å². The first-order valence-corrected chi connectivity index (χ1v) is 1.93. The lowest BCUT2D eigenvalue weighted by atomic mass is 10.4. The summed E-state index contributed by atoms with van der Waals surface area (Å²) in [6.45, 7) is 0.531. The molecule has 1 heterocycles. The molecule has 7 heavy (non-hydrogen) atoms. The second kappa shape index (κ2) is 1.58. The normalized spacial score (nSPS) is 16.3. The minimum Gasteiger partial charge on any atom is -0.305 e. The summed E-state index contributed by atoms with van der Waals surface area (Å²) in [5.74, 6) is 1.72. The fourth-order valence-electron chi connectivity index (χ4n) is 0.362. The summed E-state index contributed by atoms with van der Waals surface area (Å²) in [5, 5.41) is 3.56. The number of hydrazone groups is 1. The number of nitrogens with one attached hydrogen (secondary N) is 1. The zero-order valence-corrected chi connectivity index (χ0v) is 3.64. The van der Waals surface area contributed by atoms with E-state index in [9.17, 15) is 4.79 Å². The van der Waals surface area contributed by atoms with Crippen LogP contribution in [0, 0.1) is 0 Å². The Kier molecular flexibility index (Phi) is 0.922. The van der Waals surface area contributed by atoms with Gasteiger partial charge in [-0.25, -0.2) is 4.79 Å². The molecule has 0 fully saturated rings. The van der Waals surface area contributed by atoms with E-state index in [1.165, 1.54) is 6.21 Å². The molecule has 1 aliphatic heterocycles. The first-order chi connectivity index (χ1) is 3.43. The van der Waals surface area contributed by atoms with Gasteiger partial charge in [-0.3, -0.25) is 0 Å². The van der Waals surface area contributed by atoms with Gasteiger partial charge in [0, 0.05) is 0 Å². The number of hydrogen-bond donors (Lipinski definition) is 1. The summed E-state index contributed by atoms with van der Waals surface area (Å²) in [7, 11) is 0. The highest BCUT2D eigenvalue weighted by atomic mass is 16.1. The summed E-state index contributed by atoms with van der Waals surface area (Å²) in [6.07, 6.45) is 1.47. The van der Waals surface area contributed by atoms with Crippen LogP contribution in [0.2, 0.25) is 0 Å². The molecular weight excluding hydrogens is 92.1 g/mol. The number of nitrogens with zero attached hydrogens (tertiary/aromatic N) is 1. The monoisotopic (exact) mass is 96.0 g/mol. The molecule has 0 aromatic heterocycles. The lowest BCUT2D eigenvalue weighted by Gasteiger charge is -1.78. The minimum absolute atomic E-state index is 0.531. The van der Waals surface area contributed by atoms with Gasteiger partial charge in [-0.2, -0.15) is 5.10 Å². The highest BCUT2D eigenvalue weighted by Crippen LogP contribution is 1.85. The molecule has 0 spiro atoms. The highest BCUT2D eigenvalue weighted by molar-refractivity contribution is 5.90. The fraction of sp³-hybridized carbons (Fsp3) is 0.250. The van der Waals surface area contributed by atoms with E-state index in [2.05, 4.69) is 10.5 Å². The van der Waals surface area contributed by atoms with Crippen molar-refractivity contribution in [3.8, 4) is 0 Å². The smallest absolute Gasteiger partial charge is 0.131 e. The first-order valence-electron chi connectivity index (χ1n) is 1.93. The zero-order valence-electron chi connectivity index (χ0n) is 3.64. The summed E-state index contributed by atoms with van der Waals surface area (Å²) < 4.78 is 0. The van der Waals surface area contributed by atoms with Crippen molar-refractivity contribution in [3.05, 3.63) is 5.57 Å². The maximum Gasteiger partial charge on any atom is 0.131 e. The van der Waals surface area contributed by atoms with E-state index in [-0.39, 0.29) is 0 Å². The molecule has 0 amide bonds. The minimum atomic E-state index is 0.531. The van der Waals surface area contributed by atoms with Crippen LogP contribution in [0.15, 0.2) is 10.7 Å². The van der Waals surface area contributed by atoms with E-state index < -0.39 is 0 Å². The molecule has 0 aromatic rings. The molecular formula is C4H4N2O. The molecule has 0 aliphatic carbocycles. The number of rotatable bonds is 0. The van der Waals surface area contributed by atoms with Crippen LogP contribution in [0.3, 0.4) is 0 Å². The third-order valence-corrected chi connectivity index (χ3v) is 0.712. The van der Waals surface area contributed by atoms with Crippen molar-refractivity contribution in [3.63, 3.8) is 0 Å². The van der Waals surface area contributed by atoms with Gasteiger partial charge < -0.3 is 5.43 Å². The van der Waals surface area contributed by atoms with Gasteiger partial charge in [0.15, 0.2) is 0 Å². The third kappa shape index (κ3) is 0.669. The van der Waals surface area contributed by atoms with Crippen molar-refractivity contribution in [2.75, 3.05) is 6.54 Å². The number of carbonyl (C=O) groups excluding carboxylic acids is 1. The van der Waals surface area contributed by atoms with Crippen molar-refractivity contribution < 1.29 is 4.79 Å². The summed E-state index contributed by atoms with van der Waals surface area (Å²) in [6, 6.07) is 0. The predicted octanol–water partition coefficient (Wildman–Crippen LogP) is -0.667. The molecule has 0 aromatic carbocycles. The molecule has 1 aliphatic rings. The maximum atomic E-state index is 9.71. The third-order valence-electron chi connectivity index (χ3n) is 0.712. The molecule has 0 radical (unpaired) electrons. The Morgan fingerprint density at radius 3 is 3.14 bits per heavy atom. The summed E-state index contributed by atoms with van der Waals surface area (Å²) >= 11 is 0. The molecule has 0 unspecified atom stereocenters. The molecule has 3 heteroatoms. The van der Waals surface area contributed by atoms with Crippen LogP contribution in [0.1, 0.15) is 0 Å². The maximum absolute atomic E-state index is 9.71. The van der Waals surface area contributed by atoms with Gasteiger partial charge in [0.2, 0.25) is 0 Å². The Morgan fingerprint density at radius 2 is 2.86 bits per heavy atom. The lowest BCUT2D eigenvalue weighted by Crippen LogP contribution is -2.00. The van der Waals surface area contributed by atoms with E-state index in [1.54, 1.807) is 5.94 Å². The van der Waals surface area contributed by atoms with Crippen molar-refractivity contribution in [1.29, 1.82) is 0 Å². The lowest BCUT2D eigenvalue weighted by molar-refractivity contribution is 0.567. The van der Waals surface area contributed by atoms with Gasteiger partial charge in [0.05, 0.1) is 18.3 Å². The van der Waals surface area contributed by atoms with Crippen LogP contribution in [0.25, 0.3) is 0 Å². The molecule has 0 atom stereocenters. The quantitative estimate of drug-likeness (QED) is 0.406. The van der Waals surface area contributed by atoms with Gasteiger partial charge in [-0.1, -0.05) is 0 Å². The van der Waals surface area contributed by atoms with Crippen molar-refractivity contribution in [2.24, 2.45) is 5.10 Å². The molecule has 1 rings (SSSR count). The van der Waals surface area contributed by atoms with Crippen molar-refractivity contribution in [2.45, 2.75) is 0 Å². The van der Waals surface area contributed by atoms with Crippen LogP contribution >= 0.6 is 0 Å². The van der Waals surface area contributed by atoms with Gasteiger partial charge in [0.1, 0.15) is 5.94 Å². The molecule has 0 saturated carbocycles. The average Bonchev–Trinajstić information content (AvgIpc) is 2.14. The van der Waals surface area contributed by atoms with E-state index in [1.807, 2.05) is 0 Å². The van der Waals surface area contributed by atoms with Crippen LogP contribution in [0.5, 0.6) is 0 Å². The second-order valence-electron chi connectivity index (χ2n) is 1.22. The van der Waals surface area contributed by atoms with Crippen LogP contribution in [-0.4, -0.2) is 18.7 Å². The Balaban J connectivity index is 2.77. The highest BCUT2D eigenvalue weighted by Gasteiger charge is 1.96. The van der Waals surface area contributed by atoms with Gasteiger partial charge in [-0.05, 0) is 0 Å². The van der Waals surface area contributed by atoms with E-state index in [4.69, 9.17) is 0 Å². The zero-order chi connectivity index (χ0) is 5.11. The Bertz CT molecular complexity index is 144. The average molecular weight is 96.1 g/mol. The topological polar surface area (TPSA) is 41.5 Å². The first kappa shape index (κ1) is 4.09. The van der Waals surface area contributed by atoms with E-state index in [0.717, 1.165) is 0 Å². The largest absolute Gasteiger partial charge is 0.305 e. The summed E-state index contributed by atoms with van der Waals surface area (Å²) in [5.41, 5.74) is 3.18. The second-order valence-corrected chi connectivity index (χ2v) is 1.22. The Hall–Kier alpha value is -1.08. The number of hydrogen-bond acceptors (Lipinski definition) is 3. The van der Waals surface area contributed by atoms with E-state index >= 15 is 0 Å². The molecule has 0 saturated heterocycles. The van der Waals surface area contributed by atoms with E-state index in [0.29, 0.717) is 12.1 Å². The van der Waals surface area contributed by atoms with Crippen LogP contribution in [0.4, 0.5) is 0 Å².